The molecule has 2 rings (SSSR count). The molecule has 0 saturated heterocycles. The van der Waals surface area contributed by atoms with Crippen molar-refractivity contribution >= 4 is 28.4 Å². The summed E-state index contributed by atoms with van der Waals surface area (Å²) in [7, 11) is 1.89. The summed E-state index contributed by atoms with van der Waals surface area (Å²) in [5.41, 5.74) is 2.06. The van der Waals surface area contributed by atoms with Crippen LogP contribution in [0, 0.1) is 3.57 Å². The van der Waals surface area contributed by atoms with Gasteiger partial charge in [0.15, 0.2) is 5.82 Å². The van der Waals surface area contributed by atoms with Gasteiger partial charge in [-0.05, 0) is 42.9 Å². The van der Waals surface area contributed by atoms with Crippen molar-refractivity contribution in [2.75, 3.05) is 12.4 Å². The summed E-state index contributed by atoms with van der Waals surface area (Å²) in [5, 5.41) is 7.51. The molecule has 0 spiro atoms. The number of aryl methyl sites for hydroxylation is 1. The van der Waals surface area contributed by atoms with Gasteiger partial charge in [0.2, 0.25) is 0 Å². The molecule has 0 bridgehead atoms. The monoisotopic (exact) mass is 385 g/mol. The smallest absolute Gasteiger partial charge is 0.165 e. The van der Waals surface area contributed by atoms with Crippen LogP contribution in [0.5, 0.6) is 0 Å². The van der Waals surface area contributed by atoms with Gasteiger partial charge in [-0.25, -0.2) is 9.97 Å². The second-order valence-electron chi connectivity index (χ2n) is 4.96. The van der Waals surface area contributed by atoms with Gasteiger partial charge in [0.05, 0.1) is 21.0 Å². The molecule has 0 amide bonds. The van der Waals surface area contributed by atoms with Gasteiger partial charge in [0, 0.05) is 19.3 Å². The van der Waals surface area contributed by atoms with E-state index in [1.54, 1.807) is 0 Å². The molecule has 2 heterocycles. The Bertz CT molecular complexity index is 591. The number of anilines is 1. The van der Waals surface area contributed by atoms with Gasteiger partial charge in [-0.15, -0.1) is 0 Å². The van der Waals surface area contributed by atoms with Gasteiger partial charge >= 0.3 is 0 Å². The predicted octanol–water partition coefficient (Wildman–Crippen LogP) is 3.52. The van der Waals surface area contributed by atoms with Crippen molar-refractivity contribution in [2.24, 2.45) is 0 Å². The van der Waals surface area contributed by atoms with Crippen molar-refractivity contribution < 1.29 is 0 Å². The van der Waals surface area contributed by atoms with E-state index in [0.717, 1.165) is 39.3 Å². The van der Waals surface area contributed by atoms with Crippen LogP contribution in [0.1, 0.15) is 38.9 Å². The average Bonchev–Trinajstić information content (AvgIpc) is 2.91. The Balaban J connectivity index is 2.47. The molecule has 0 atom stereocenters. The first kappa shape index (κ1) is 15.2. The van der Waals surface area contributed by atoms with Gasteiger partial charge in [-0.1, -0.05) is 13.3 Å². The number of hydrogen-bond donors (Lipinski definition) is 1. The molecule has 1 N–H and O–H groups in total. The molecule has 5 nitrogen and oxygen atoms in total. The minimum Gasteiger partial charge on any atom is -0.372 e. The van der Waals surface area contributed by atoms with E-state index in [-0.39, 0.29) is 0 Å². The minimum atomic E-state index is 0.339. The quantitative estimate of drug-likeness (QED) is 0.801. The Labute approximate surface area is 133 Å². The van der Waals surface area contributed by atoms with Crippen LogP contribution in [0.15, 0.2) is 12.4 Å². The largest absolute Gasteiger partial charge is 0.372 e. The van der Waals surface area contributed by atoms with Gasteiger partial charge < -0.3 is 5.32 Å². The fourth-order valence-electron chi connectivity index (χ4n) is 1.93. The Hall–Kier alpha value is -1.18. The number of rotatable bonds is 5. The van der Waals surface area contributed by atoms with Gasteiger partial charge in [0.1, 0.15) is 5.82 Å². The summed E-state index contributed by atoms with van der Waals surface area (Å²) < 4.78 is 3.03. The third kappa shape index (κ3) is 3.11. The molecule has 0 aliphatic rings. The average molecular weight is 385 g/mol. The lowest BCUT2D eigenvalue weighted by molar-refractivity contribution is 0.532. The summed E-state index contributed by atoms with van der Waals surface area (Å²) in [5.74, 6) is 1.63. The van der Waals surface area contributed by atoms with Crippen molar-refractivity contribution in [3.05, 3.63) is 21.7 Å². The highest BCUT2D eigenvalue weighted by atomic mass is 127. The molecule has 0 aromatic carbocycles. The van der Waals surface area contributed by atoms with Crippen LogP contribution in [0.3, 0.4) is 0 Å². The zero-order valence-corrected chi connectivity index (χ0v) is 14.5. The highest BCUT2D eigenvalue weighted by molar-refractivity contribution is 14.1. The van der Waals surface area contributed by atoms with E-state index in [4.69, 9.17) is 4.98 Å². The Morgan fingerprint density at radius 1 is 1.35 bits per heavy atom. The van der Waals surface area contributed by atoms with Crippen LogP contribution in [0.4, 0.5) is 5.82 Å². The molecule has 0 unspecified atom stereocenters. The number of halogens is 1. The maximum absolute atomic E-state index is 4.70. The summed E-state index contributed by atoms with van der Waals surface area (Å²) in [6.07, 6.45) is 5.86. The van der Waals surface area contributed by atoms with E-state index in [9.17, 15) is 0 Å². The normalized spacial score (nSPS) is 11.1. The molecule has 0 fully saturated rings. The maximum atomic E-state index is 4.70. The molecule has 0 aliphatic heterocycles. The van der Waals surface area contributed by atoms with Gasteiger partial charge in [0.25, 0.3) is 0 Å². The number of aromatic nitrogens is 4. The number of nitrogens with zero attached hydrogens (tertiary/aromatic N) is 4. The molecule has 6 heteroatoms. The maximum Gasteiger partial charge on any atom is 0.165 e. The second-order valence-corrected chi connectivity index (χ2v) is 6.04. The zero-order valence-electron chi connectivity index (χ0n) is 12.3. The molecule has 2 aromatic rings. The van der Waals surface area contributed by atoms with Crippen LogP contribution in [-0.2, 0) is 6.42 Å². The van der Waals surface area contributed by atoms with Crippen LogP contribution < -0.4 is 5.32 Å². The summed E-state index contributed by atoms with van der Waals surface area (Å²) in [6.45, 7) is 6.37. The Morgan fingerprint density at radius 3 is 2.65 bits per heavy atom. The van der Waals surface area contributed by atoms with Crippen LogP contribution in [0.2, 0.25) is 0 Å². The van der Waals surface area contributed by atoms with E-state index in [2.05, 4.69) is 58.8 Å². The molecule has 0 saturated carbocycles. The molecule has 20 heavy (non-hydrogen) atoms. The highest BCUT2D eigenvalue weighted by Crippen LogP contribution is 2.24. The topological polar surface area (TPSA) is 55.6 Å². The van der Waals surface area contributed by atoms with E-state index in [0.29, 0.717) is 6.04 Å². The van der Waals surface area contributed by atoms with Crippen LogP contribution >= 0.6 is 22.6 Å². The van der Waals surface area contributed by atoms with Crippen LogP contribution in [0.25, 0.3) is 11.4 Å². The number of nitrogens with one attached hydrogen (secondary N) is 1. The summed E-state index contributed by atoms with van der Waals surface area (Å²) >= 11 is 2.31. The van der Waals surface area contributed by atoms with E-state index < -0.39 is 0 Å². The predicted molar refractivity (Wildman–Crippen MR) is 89.9 cm³/mol. The summed E-state index contributed by atoms with van der Waals surface area (Å²) in [6, 6.07) is 0.339. The first-order chi connectivity index (χ1) is 9.56. The zero-order chi connectivity index (χ0) is 14.7. The van der Waals surface area contributed by atoms with Crippen molar-refractivity contribution in [1.82, 2.24) is 19.7 Å². The molecular formula is C14H20IN5. The third-order valence-corrected chi connectivity index (χ3v) is 4.17. The standard InChI is InChI=1S/C14H20IN5/c1-5-6-11-12(15)14(16-4)19-13(18-11)10-7-17-20(8-10)9(2)3/h7-9H,5-6H2,1-4H3,(H,16,18,19). The van der Waals surface area contributed by atoms with Crippen molar-refractivity contribution in [3.8, 4) is 11.4 Å². The molecule has 2 aromatic heterocycles. The van der Waals surface area contributed by atoms with Gasteiger partial charge in [-0.2, -0.15) is 5.10 Å². The third-order valence-electron chi connectivity index (χ3n) is 3.03. The second kappa shape index (κ2) is 6.51. The van der Waals surface area contributed by atoms with Crippen molar-refractivity contribution in [2.45, 2.75) is 39.7 Å². The lowest BCUT2D eigenvalue weighted by Gasteiger charge is -2.10. The first-order valence-electron chi connectivity index (χ1n) is 6.85. The molecular weight excluding hydrogens is 365 g/mol. The molecule has 0 radical (unpaired) electrons. The van der Waals surface area contributed by atoms with E-state index in [1.807, 2.05) is 24.1 Å². The van der Waals surface area contributed by atoms with Crippen LogP contribution in [-0.4, -0.2) is 26.8 Å². The Kier molecular flexibility index (Phi) is 4.95. The molecule has 0 aliphatic carbocycles. The van der Waals surface area contributed by atoms with Gasteiger partial charge in [-0.3, -0.25) is 4.68 Å². The van der Waals surface area contributed by atoms with Crippen molar-refractivity contribution in [1.29, 1.82) is 0 Å². The lowest BCUT2D eigenvalue weighted by atomic mass is 10.2. The lowest BCUT2D eigenvalue weighted by Crippen LogP contribution is -2.05. The fraction of sp³-hybridized carbons (Fsp3) is 0.500. The fourth-order valence-corrected chi connectivity index (χ4v) is 2.71. The van der Waals surface area contributed by atoms with Crippen molar-refractivity contribution in [3.63, 3.8) is 0 Å². The Morgan fingerprint density at radius 2 is 2.10 bits per heavy atom. The first-order valence-corrected chi connectivity index (χ1v) is 7.93. The summed E-state index contributed by atoms with van der Waals surface area (Å²) in [4.78, 5) is 9.30. The van der Waals surface area contributed by atoms with E-state index >= 15 is 0 Å². The number of hydrogen-bond acceptors (Lipinski definition) is 4. The SMILES string of the molecule is CCCc1nc(-c2cnn(C(C)C)c2)nc(NC)c1I. The van der Waals surface area contributed by atoms with E-state index in [1.165, 1.54) is 0 Å². The minimum absolute atomic E-state index is 0.339. The molecule has 108 valence electrons. The highest BCUT2D eigenvalue weighted by Gasteiger charge is 2.13.